The highest BCUT2D eigenvalue weighted by atomic mass is 32.1. The predicted octanol–water partition coefficient (Wildman–Crippen LogP) is -1.05. The number of nitrogen functional groups attached to an aromatic ring is 1. The molecular weight excluding hydrogens is 232 g/mol. The number of anilines is 1. The van der Waals surface area contributed by atoms with Gasteiger partial charge in [0.2, 0.25) is 12.4 Å². The van der Waals surface area contributed by atoms with Gasteiger partial charge in [-0.15, -0.1) is 0 Å². The van der Waals surface area contributed by atoms with E-state index in [1.807, 2.05) is 0 Å². The van der Waals surface area contributed by atoms with E-state index in [1.165, 1.54) is 6.20 Å². The van der Waals surface area contributed by atoms with Crippen LogP contribution >= 0.6 is 12.2 Å². The second kappa shape index (κ2) is 5.21. The molecule has 2 atom stereocenters. The molecule has 0 saturated heterocycles. The Hall–Kier alpha value is -1.22. The molecule has 1 aromatic rings. The maximum Gasteiger partial charge on any atom is 0.245 e. The third kappa shape index (κ3) is 2.67. The molecule has 0 spiro atoms. The number of aromatic nitrogens is 2. The molecule has 0 fully saturated rings. The lowest BCUT2D eigenvalue weighted by atomic mass is 10.4. The molecular formula is C8H14N4O3S. The largest absolute Gasteiger partial charge is 0.394 e. The predicted molar refractivity (Wildman–Crippen MR) is 61.4 cm³/mol. The Bertz CT molecular complexity index is 381. The highest BCUT2D eigenvalue weighted by Gasteiger charge is 2.19. The zero-order valence-corrected chi connectivity index (χ0v) is 9.52. The van der Waals surface area contributed by atoms with E-state index in [1.54, 1.807) is 6.92 Å². The first-order valence-electron chi connectivity index (χ1n) is 4.54. The van der Waals surface area contributed by atoms with Crippen molar-refractivity contribution in [2.24, 2.45) is 5.73 Å². The van der Waals surface area contributed by atoms with Crippen molar-refractivity contribution in [1.29, 1.82) is 0 Å². The molecule has 1 heterocycles. The third-order valence-electron chi connectivity index (χ3n) is 1.91. The second-order valence-corrected chi connectivity index (χ2v) is 3.63. The van der Waals surface area contributed by atoms with E-state index < -0.39 is 12.5 Å². The molecule has 0 aliphatic carbocycles. The lowest BCUT2D eigenvalue weighted by Crippen LogP contribution is -2.26. The van der Waals surface area contributed by atoms with Crippen LogP contribution in [0.25, 0.3) is 0 Å². The van der Waals surface area contributed by atoms with Crippen molar-refractivity contribution in [3.8, 4) is 0 Å². The standard InChI is InChI=1S/C8H14N4O3S/c1-4(3-13)15-8(14)12-5(6(9)16)2-11-7(12)10/h2,4,8,13-14H,3H2,1H3,(H2,9,16)(H2,10,11). The van der Waals surface area contributed by atoms with E-state index in [-0.39, 0.29) is 17.5 Å². The summed E-state index contributed by atoms with van der Waals surface area (Å²) >= 11 is 4.77. The van der Waals surface area contributed by atoms with Crippen LogP contribution in [0.5, 0.6) is 0 Å². The number of nitrogens with two attached hydrogens (primary N) is 2. The fourth-order valence-corrected chi connectivity index (χ4v) is 1.25. The van der Waals surface area contributed by atoms with Crippen LogP contribution < -0.4 is 11.5 Å². The Morgan fingerprint density at radius 1 is 1.75 bits per heavy atom. The van der Waals surface area contributed by atoms with Gasteiger partial charge in [-0.05, 0) is 6.92 Å². The van der Waals surface area contributed by atoms with Gasteiger partial charge in [0.05, 0.1) is 18.9 Å². The molecule has 0 saturated carbocycles. The first-order valence-corrected chi connectivity index (χ1v) is 4.95. The summed E-state index contributed by atoms with van der Waals surface area (Å²) in [5.41, 5.74) is 11.3. The van der Waals surface area contributed by atoms with Crippen LogP contribution in [0.3, 0.4) is 0 Å². The average Bonchev–Trinajstić information content (AvgIpc) is 2.59. The van der Waals surface area contributed by atoms with Crippen LogP contribution in [0.1, 0.15) is 19.0 Å². The van der Waals surface area contributed by atoms with E-state index >= 15 is 0 Å². The van der Waals surface area contributed by atoms with Crippen molar-refractivity contribution >= 4 is 23.2 Å². The summed E-state index contributed by atoms with van der Waals surface area (Å²) in [5.74, 6) is 0.0282. The van der Waals surface area contributed by atoms with Crippen molar-refractivity contribution in [3.63, 3.8) is 0 Å². The summed E-state index contributed by atoms with van der Waals surface area (Å²) in [6.45, 7) is 1.37. The minimum absolute atomic E-state index is 0.0282. The summed E-state index contributed by atoms with van der Waals surface area (Å²) in [5, 5.41) is 18.5. The Kier molecular flexibility index (Phi) is 4.19. The highest BCUT2D eigenvalue weighted by molar-refractivity contribution is 7.80. The molecule has 0 aliphatic heterocycles. The molecule has 0 bridgehead atoms. The summed E-state index contributed by atoms with van der Waals surface area (Å²) in [4.78, 5) is 3.81. The van der Waals surface area contributed by atoms with Gasteiger partial charge in [-0.3, -0.25) is 4.57 Å². The van der Waals surface area contributed by atoms with E-state index in [0.29, 0.717) is 5.69 Å². The number of aliphatic hydroxyl groups is 2. The van der Waals surface area contributed by atoms with Gasteiger partial charge in [0.1, 0.15) is 10.7 Å². The van der Waals surface area contributed by atoms with E-state index in [9.17, 15) is 5.11 Å². The van der Waals surface area contributed by atoms with Gasteiger partial charge in [0.25, 0.3) is 0 Å². The van der Waals surface area contributed by atoms with Crippen molar-refractivity contribution in [1.82, 2.24) is 9.55 Å². The molecule has 0 aromatic carbocycles. The molecule has 90 valence electrons. The molecule has 0 aliphatic rings. The van der Waals surface area contributed by atoms with Crippen LogP contribution in [0.2, 0.25) is 0 Å². The van der Waals surface area contributed by atoms with Gasteiger partial charge >= 0.3 is 0 Å². The van der Waals surface area contributed by atoms with E-state index in [0.717, 1.165) is 4.57 Å². The molecule has 0 amide bonds. The minimum Gasteiger partial charge on any atom is -0.394 e. The molecule has 16 heavy (non-hydrogen) atoms. The number of ether oxygens (including phenoxy) is 1. The molecule has 6 N–H and O–H groups in total. The maximum absolute atomic E-state index is 9.72. The van der Waals surface area contributed by atoms with E-state index in [2.05, 4.69) is 4.98 Å². The topological polar surface area (TPSA) is 120 Å². The summed E-state index contributed by atoms with van der Waals surface area (Å²) in [6.07, 6.45) is -0.592. The number of aliphatic hydroxyl groups excluding tert-OH is 2. The fourth-order valence-electron chi connectivity index (χ4n) is 1.10. The lowest BCUT2D eigenvalue weighted by Gasteiger charge is -2.19. The van der Waals surface area contributed by atoms with Gasteiger partial charge in [0, 0.05) is 0 Å². The SMILES string of the molecule is CC(CO)OC(O)n1c(C(N)=S)cnc1N. The summed E-state index contributed by atoms with van der Waals surface area (Å²) in [7, 11) is 0. The first kappa shape index (κ1) is 12.8. The van der Waals surface area contributed by atoms with Gasteiger partial charge in [-0.25, -0.2) is 4.98 Å². The molecule has 0 radical (unpaired) electrons. The molecule has 1 aromatic heterocycles. The van der Waals surface area contributed by atoms with Gasteiger partial charge < -0.3 is 26.4 Å². The zero-order valence-electron chi connectivity index (χ0n) is 8.70. The number of nitrogens with zero attached hydrogens (tertiary/aromatic N) is 2. The van der Waals surface area contributed by atoms with Gasteiger partial charge in [0.15, 0.2) is 0 Å². The molecule has 2 unspecified atom stereocenters. The van der Waals surface area contributed by atoms with Gasteiger partial charge in [-0.2, -0.15) is 0 Å². The van der Waals surface area contributed by atoms with Crippen LogP contribution in [-0.2, 0) is 4.74 Å². The summed E-state index contributed by atoms with van der Waals surface area (Å²) in [6, 6.07) is 0. The monoisotopic (exact) mass is 246 g/mol. The Morgan fingerprint density at radius 3 is 2.88 bits per heavy atom. The number of imidazole rings is 1. The lowest BCUT2D eigenvalue weighted by molar-refractivity contribution is -0.186. The number of rotatable bonds is 5. The molecule has 7 nitrogen and oxygen atoms in total. The first-order chi connectivity index (χ1) is 7.47. The van der Waals surface area contributed by atoms with E-state index in [4.69, 9.17) is 33.5 Å². The molecule has 8 heteroatoms. The number of thiocarbonyl (C=S) groups is 1. The Labute approximate surface area is 97.6 Å². The van der Waals surface area contributed by atoms with Crippen molar-refractivity contribution in [2.75, 3.05) is 12.3 Å². The van der Waals surface area contributed by atoms with Crippen LogP contribution in [0.4, 0.5) is 5.95 Å². The second-order valence-electron chi connectivity index (χ2n) is 3.19. The highest BCUT2D eigenvalue weighted by Crippen LogP contribution is 2.16. The summed E-state index contributed by atoms with van der Waals surface area (Å²) < 4.78 is 6.20. The van der Waals surface area contributed by atoms with Crippen LogP contribution in [-0.4, -0.2) is 37.5 Å². The molecule has 1 rings (SSSR count). The Morgan fingerprint density at radius 2 is 2.38 bits per heavy atom. The zero-order chi connectivity index (χ0) is 12.3. The maximum atomic E-state index is 9.72. The van der Waals surface area contributed by atoms with Crippen LogP contribution in [0.15, 0.2) is 6.20 Å². The third-order valence-corrected chi connectivity index (χ3v) is 2.12. The average molecular weight is 246 g/mol. The fraction of sp³-hybridized carbons (Fsp3) is 0.500. The normalized spacial score (nSPS) is 14.7. The quantitative estimate of drug-likeness (QED) is 0.386. The minimum atomic E-state index is -1.39. The van der Waals surface area contributed by atoms with Gasteiger partial charge in [-0.1, -0.05) is 12.2 Å². The number of hydrogen-bond donors (Lipinski definition) is 4. The Balaban J connectivity index is 2.93. The van der Waals surface area contributed by atoms with Crippen LogP contribution in [0, 0.1) is 0 Å². The van der Waals surface area contributed by atoms with Crippen molar-refractivity contribution in [3.05, 3.63) is 11.9 Å². The smallest absolute Gasteiger partial charge is 0.245 e. The van der Waals surface area contributed by atoms with Crippen molar-refractivity contribution in [2.45, 2.75) is 19.4 Å². The van der Waals surface area contributed by atoms with Crippen molar-refractivity contribution < 1.29 is 14.9 Å². The number of hydrogen-bond acceptors (Lipinski definition) is 6.